The molecule has 0 bridgehead atoms. The van der Waals surface area contributed by atoms with Gasteiger partial charge in [-0.25, -0.2) is 5.11 Å². The molecule has 1 nitrogen and oxygen atoms in total. The van der Waals surface area contributed by atoms with E-state index in [2.05, 4.69) is 6.92 Å². The maximum Gasteiger partial charge on any atom is 0.0856 e. The van der Waals surface area contributed by atoms with E-state index in [1.807, 2.05) is 12.2 Å². The van der Waals surface area contributed by atoms with Gasteiger partial charge in [-0.2, -0.15) is 0 Å². The fourth-order valence-electron chi connectivity index (χ4n) is 0.353. The first kappa shape index (κ1) is 6.70. The quantitative estimate of drug-likeness (QED) is 0.480. The zero-order valence-electron chi connectivity index (χ0n) is 4.68. The molecule has 0 saturated heterocycles. The summed E-state index contributed by atoms with van der Waals surface area (Å²) in [5, 5.41) is 9.75. The van der Waals surface area contributed by atoms with Crippen LogP contribution in [0.3, 0.4) is 0 Å². The summed E-state index contributed by atoms with van der Waals surface area (Å²) >= 11 is 0. The van der Waals surface area contributed by atoms with E-state index in [-0.39, 0.29) is 6.61 Å². The molecule has 0 saturated carbocycles. The van der Waals surface area contributed by atoms with Crippen LogP contribution in [0.15, 0.2) is 12.2 Å². The Hall–Kier alpha value is -0.300. The van der Waals surface area contributed by atoms with Crippen LogP contribution in [-0.4, -0.2) is 6.61 Å². The largest absolute Gasteiger partial charge is 0.236 e. The topological polar surface area (TPSA) is 19.9 Å². The van der Waals surface area contributed by atoms with Crippen molar-refractivity contribution in [3.05, 3.63) is 12.2 Å². The molecule has 1 radical (unpaired) electrons. The normalized spacial score (nSPS) is 10.6. The van der Waals surface area contributed by atoms with E-state index in [9.17, 15) is 5.11 Å². The fraction of sp³-hybridized carbons (Fsp3) is 0.667. The van der Waals surface area contributed by atoms with E-state index in [0.717, 1.165) is 6.42 Å². The summed E-state index contributed by atoms with van der Waals surface area (Å²) in [6.45, 7) is 2.08. The highest BCUT2D eigenvalue weighted by molar-refractivity contribution is 4.79. The van der Waals surface area contributed by atoms with Gasteiger partial charge >= 0.3 is 0 Å². The van der Waals surface area contributed by atoms with Crippen molar-refractivity contribution < 1.29 is 5.11 Å². The number of hydrogen-bond donors (Lipinski definition) is 0. The third kappa shape index (κ3) is 5.70. The van der Waals surface area contributed by atoms with Crippen LogP contribution in [-0.2, 0) is 5.11 Å². The lowest BCUT2D eigenvalue weighted by Crippen LogP contribution is -1.71. The van der Waals surface area contributed by atoms with Gasteiger partial charge in [-0.05, 0) is 12.8 Å². The molecule has 0 aliphatic carbocycles. The van der Waals surface area contributed by atoms with Crippen molar-refractivity contribution in [3.63, 3.8) is 0 Å². The van der Waals surface area contributed by atoms with E-state index >= 15 is 0 Å². The first-order chi connectivity index (χ1) is 3.41. The lowest BCUT2D eigenvalue weighted by Gasteiger charge is -1.77. The average Bonchev–Trinajstić information content (AvgIpc) is 1.69. The second-order valence-electron chi connectivity index (χ2n) is 1.37. The van der Waals surface area contributed by atoms with E-state index in [1.165, 1.54) is 0 Å². The van der Waals surface area contributed by atoms with Gasteiger partial charge < -0.3 is 0 Å². The van der Waals surface area contributed by atoms with E-state index in [1.54, 1.807) is 0 Å². The Morgan fingerprint density at radius 3 is 2.57 bits per heavy atom. The molecule has 0 atom stereocenters. The van der Waals surface area contributed by atoms with Crippen molar-refractivity contribution in [2.45, 2.75) is 19.8 Å². The number of rotatable bonds is 3. The molecule has 0 heterocycles. The molecule has 7 heavy (non-hydrogen) atoms. The zero-order chi connectivity index (χ0) is 5.54. The third-order valence-electron chi connectivity index (χ3n) is 0.687. The molecule has 0 aromatic carbocycles. The van der Waals surface area contributed by atoms with Crippen molar-refractivity contribution in [1.29, 1.82) is 0 Å². The van der Waals surface area contributed by atoms with Gasteiger partial charge in [0, 0.05) is 0 Å². The van der Waals surface area contributed by atoms with Crippen LogP contribution in [0.1, 0.15) is 19.8 Å². The molecule has 1 heteroatoms. The molecule has 0 aromatic heterocycles. The van der Waals surface area contributed by atoms with Gasteiger partial charge in [-0.15, -0.1) is 0 Å². The van der Waals surface area contributed by atoms with Gasteiger partial charge in [0.05, 0.1) is 6.61 Å². The third-order valence-corrected chi connectivity index (χ3v) is 0.687. The molecular formula is C6H11O. The predicted octanol–water partition coefficient (Wildman–Crippen LogP) is 1.77. The molecule has 0 aliphatic rings. The van der Waals surface area contributed by atoms with Crippen molar-refractivity contribution in [1.82, 2.24) is 0 Å². The summed E-state index contributed by atoms with van der Waals surface area (Å²) in [6, 6.07) is 0. The molecule has 0 aromatic rings. The van der Waals surface area contributed by atoms with Crippen LogP contribution < -0.4 is 0 Å². The van der Waals surface area contributed by atoms with Crippen LogP contribution in [0.5, 0.6) is 0 Å². The van der Waals surface area contributed by atoms with Crippen molar-refractivity contribution >= 4 is 0 Å². The summed E-state index contributed by atoms with van der Waals surface area (Å²) in [5.41, 5.74) is 0. The van der Waals surface area contributed by atoms with Crippen molar-refractivity contribution in [2.24, 2.45) is 0 Å². The summed E-state index contributed by atoms with van der Waals surface area (Å²) in [5.74, 6) is 0. The van der Waals surface area contributed by atoms with Crippen LogP contribution in [0.2, 0.25) is 0 Å². The summed E-state index contributed by atoms with van der Waals surface area (Å²) in [4.78, 5) is 0. The van der Waals surface area contributed by atoms with Gasteiger partial charge in [0.1, 0.15) is 0 Å². The maximum absolute atomic E-state index is 9.75. The molecule has 0 N–H and O–H groups in total. The Kier molecular flexibility index (Phi) is 5.46. The van der Waals surface area contributed by atoms with Crippen LogP contribution in [0, 0.1) is 0 Å². The van der Waals surface area contributed by atoms with E-state index in [4.69, 9.17) is 0 Å². The second kappa shape index (κ2) is 5.70. The molecule has 0 unspecified atom stereocenters. The lowest BCUT2D eigenvalue weighted by atomic mass is 10.3. The molecule has 0 fully saturated rings. The van der Waals surface area contributed by atoms with Crippen molar-refractivity contribution in [3.8, 4) is 0 Å². The smallest absolute Gasteiger partial charge is 0.0856 e. The standard InChI is InChI=1S/C6H11O/c1-2-3-4-5-6-7/h3-4H,2,5-6H2,1H3/b4-3+. The molecule has 0 spiro atoms. The monoisotopic (exact) mass is 99.1 g/mol. The molecule has 0 rings (SSSR count). The van der Waals surface area contributed by atoms with E-state index in [0.29, 0.717) is 6.42 Å². The highest BCUT2D eigenvalue weighted by Crippen LogP contribution is 1.82. The van der Waals surface area contributed by atoms with Gasteiger partial charge in [-0.1, -0.05) is 19.1 Å². The van der Waals surface area contributed by atoms with Gasteiger partial charge in [0.2, 0.25) is 0 Å². The minimum absolute atomic E-state index is 0.0243. The highest BCUT2D eigenvalue weighted by Gasteiger charge is 1.70. The fourth-order valence-corrected chi connectivity index (χ4v) is 0.353. The molecule has 0 aliphatic heterocycles. The minimum Gasteiger partial charge on any atom is -0.236 e. The average molecular weight is 99.2 g/mol. The predicted molar refractivity (Wildman–Crippen MR) is 29.6 cm³/mol. The Balaban J connectivity index is 2.78. The Bertz CT molecular complexity index is 48.1. The molecular weight excluding hydrogens is 88.1 g/mol. The summed E-state index contributed by atoms with van der Waals surface area (Å²) in [6.07, 6.45) is 5.67. The Morgan fingerprint density at radius 2 is 2.14 bits per heavy atom. The maximum atomic E-state index is 9.75. The van der Waals surface area contributed by atoms with Crippen LogP contribution in [0.4, 0.5) is 0 Å². The van der Waals surface area contributed by atoms with Gasteiger partial charge in [0.25, 0.3) is 0 Å². The lowest BCUT2D eigenvalue weighted by molar-refractivity contribution is 0.199. The number of allylic oxidation sites excluding steroid dienone is 1. The Labute approximate surface area is 44.7 Å². The zero-order valence-corrected chi connectivity index (χ0v) is 4.68. The van der Waals surface area contributed by atoms with Crippen molar-refractivity contribution in [2.75, 3.05) is 6.61 Å². The first-order valence-corrected chi connectivity index (χ1v) is 2.65. The minimum atomic E-state index is 0.0243. The second-order valence-corrected chi connectivity index (χ2v) is 1.37. The summed E-state index contributed by atoms with van der Waals surface area (Å²) in [7, 11) is 0. The Morgan fingerprint density at radius 1 is 1.43 bits per heavy atom. The van der Waals surface area contributed by atoms with Crippen LogP contribution >= 0.6 is 0 Å². The van der Waals surface area contributed by atoms with Gasteiger partial charge in [-0.3, -0.25) is 0 Å². The molecule has 41 valence electrons. The van der Waals surface area contributed by atoms with Gasteiger partial charge in [0.15, 0.2) is 0 Å². The molecule has 0 amide bonds. The summed E-state index contributed by atoms with van der Waals surface area (Å²) < 4.78 is 0. The van der Waals surface area contributed by atoms with E-state index < -0.39 is 0 Å². The van der Waals surface area contributed by atoms with Crippen LogP contribution in [0.25, 0.3) is 0 Å². The number of hydrogen-bond acceptors (Lipinski definition) is 0. The highest BCUT2D eigenvalue weighted by atomic mass is 16.2. The SMILES string of the molecule is CC/C=C/CC[O]. The first-order valence-electron chi connectivity index (χ1n) is 2.65.